The first-order valence-corrected chi connectivity index (χ1v) is 9.03. The number of sulfonamides is 1. The van der Waals surface area contributed by atoms with Crippen LogP contribution in [0.15, 0.2) is 29.2 Å². The highest BCUT2D eigenvalue weighted by molar-refractivity contribution is 7.89. The maximum Gasteiger partial charge on any atom is 0.243 e. The standard InChI is InChI=1S/C15H22N2O2S2/c1-3-15(2)8-10-17(11-9-15)21(18,19)13-6-4-12(5-7-13)14(16)20/h4-7H,3,8-11H2,1-2H3,(H2,16,20). The van der Waals surface area contributed by atoms with Gasteiger partial charge in [0.25, 0.3) is 0 Å². The number of hydrogen-bond donors (Lipinski definition) is 1. The highest BCUT2D eigenvalue weighted by Gasteiger charge is 2.34. The molecular weight excluding hydrogens is 304 g/mol. The van der Waals surface area contributed by atoms with Crippen molar-refractivity contribution in [1.82, 2.24) is 4.31 Å². The number of nitrogens with zero attached hydrogens (tertiary/aromatic N) is 1. The van der Waals surface area contributed by atoms with Gasteiger partial charge in [0, 0.05) is 18.7 Å². The second kappa shape index (κ2) is 6.02. The number of piperidine rings is 1. The van der Waals surface area contributed by atoms with Crippen LogP contribution < -0.4 is 5.73 Å². The molecule has 1 aliphatic rings. The van der Waals surface area contributed by atoms with Gasteiger partial charge in [0.05, 0.1) is 4.90 Å². The lowest BCUT2D eigenvalue weighted by Crippen LogP contribution is -2.41. The average Bonchev–Trinajstić information content (AvgIpc) is 2.48. The molecule has 1 saturated heterocycles. The van der Waals surface area contributed by atoms with E-state index in [1.54, 1.807) is 28.6 Å². The molecule has 0 amide bonds. The first-order chi connectivity index (χ1) is 9.78. The summed E-state index contributed by atoms with van der Waals surface area (Å²) in [6.07, 6.45) is 2.91. The van der Waals surface area contributed by atoms with Gasteiger partial charge in [-0.1, -0.05) is 44.6 Å². The molecule has 1 aromatic rings. The molecule has 4 nitrogen and oxygen atoms in total. The third-order valence-corrected chi connectivity index (χ3v) is 6.71. The normalized spacial score (nSPS) is 19.3. The molecule has 1 fully saturated rings. The largest absolute Gasteiger partial charge is 0.389 e. The van der Waals surface area contributed by atoms with E-state index in [1.807, 2.05) is 0 Å². The molecule has 1 aliphatic heterocycles. The average molecular weight is 326 g/mol. The number of hydrogen-bond acceptors (Lipinski definition) is 3. The van der Waals surface area contributed by atoms with Gasteiger partial charge in [-0.05, 0) is 30.4 Å². The summed E-state index contributed by atoms with van der Waals surface area (Å²) in [6.45, 7) is 5.57. The van der Waals surface area contributed by atoms with Crippen molar-refractivity contribution in [2.24, 2.45) is 11.1 Å². The van der Waals surface area contributed by atoms with E-state index in [2.05, 4.69) is 13.8 Å². The van der Waals surface area contributed by atoms with Crippen LogP contribution in [0.5, 0.6) is 0 Å². The highest BCUT2D eigenvalue weighted by Crippen LogP contribution is 2.35. The Labute approximate surface area is 132 Å². The third kappa shape index (κ3) is 3.44. The van der Waals surface area contributed by atoms with Crippen LogP contribution in [-0.2, 0) is 10.0 Å². The lowest BCUT2D eigenvalue weighted by molar-refractivity contribution is 0.169. The second-order valence-electron chi connectivity index (χ2n) is 5.96. The van der Waals surface area contributed by atoms with E-state index in [0.29, 0.717) is 23.5 Å². The summed E-state index contributed by atoms with van der Waals surface area (Å²) in [7, 11) is -3.41. The quantitative estimate of drug-likeness (QED) is 0.864. The number of thiocarbonyl (C=S) groups is 1. The monoisotopic (exact) mass is 326 g/mol. The lowest BCUT2D eigenvalue weighted by atomic mass is 9.79. The maximum atomic E-state index is 12.6. The van der Waals surface area contributed by atoms with E-state index in [4.69, 9.17) is 18.0 Å². The van der Waals surface area contributed by atoms with Crippen molar-refractivity contribution in [1.29, 1.82) is 0 Å². The van der Waals surface area contributed by atoms with Crippen LogP contribution in [0.25, 0.3) is 0 Å². The van der Waals surface area contributed by atoms with Crippen molar-refractivity contribution in [2.45, 2.75) is 38.0 Å². The van der Waals surface area contributed by atoms with Gasteiger partial charge >= 0.3 is 0 Å². The van der Waals surface area contributed by atoms with Gasteiger partial charge in [-0.3, -0.25) is 0 Å². The number of benzene rings is 1. The molecule has 0 spiro atoms. The van der Waals surface area contributed by atoms with Gasteiger partial charge in [0.1, 0.15) is 4.99 Å². The van der Waals surface area contributed by atoms with E-state index in [0.717, 1.165) is 19.3 Å². The Morgan fingerprint density at radius 3 is 2.24 bits per heavy atom. The van der Waals surface area contributed by atoms with E-state index >= 15 is 0 Å². The summed E-state index contributed by atoms with van der Waals surface area (Å²) >= 11 is 4.88. The van der Waals surface area contributed by atoms with Gasteiger partial charge in [-0.15, -0.1) is 0 Å². The van der Waals surface area contributed by atoms with Crippen LogP contribution in [0, 0.1) is 5.41 Å². The van der Waals surface area contributed by atoms with E-state index in [1.165, 1.54) is 0 Å². The Morgan fingerprint density at radius 2 is 1.81 bits per heavy atom. The van der Waals surface area contributed by atoms with Crippen LogP contribution in [-0.4, -0.2) is 30.8 Å². The van der Waals surface area contributed by atoms with Crippen molar-refractivity contribution in [3.63, 3.8) is 0 Å². The number of rotatable bonds is 4. The molecule has 1 aromatic carbocycles. The topological polar surface area (TPSA) is 63.4 Å². The summed E-state index contributed by atoms with van der Waals surface area (Å²) in [5, 5.41) is 0. The van der Waals surface area contributed by atoms with Gasteiger partial charge in [0.2, 0.25) is 10.0 Å². The smallest absolute Gasteiger partial charge is 0.243 e. The zero-order valence-electron chi connectivity index (χ0n) is 12.5. The van der Waals surface area contributed by atoms with E-state index in [-0.39, 0.29) is 10.4 Å². The van der Waals surface area contributed by atoms with Gasteiger partial charge in [0.15, 0.2) is 0 Å². The molecule has 2 N–H and O–H groups in total. The SMILES string of the molecule is CCC1(C)CCN(S(=O)(=O)c2ccc(C(N)=S)cc2)CC1. The lowest BCUT2D eigenvalue weighted by Gasteiger charge is -2.38. The predicted molar refractivity (Wildman–Crippen MR) is 88.7 cm³/mol. The fourth-order valence-corrected chi connectivity index (χ4v) is 4.14. The van der Waals surface area contributed by atoms with Crippen LogP contribution in [0.3, 0.4) is 0 Å². The Bertz CT molecular complexity index is 616. The molecule has 0 aromatic heterocycles. The first-order valence-electron chi connectivity index (χ1n) is 7.18. The summed E-state index contributed by atoms with van der Waals surface area (Å²) in [6, 6.07) is 6.49. The van der Waals surface area contributed by atoms with Crippen molar-refractivity contribution in [2.75, 3.05) is 13.1 Å². The van der Waals surface area contributed by atoms with Gasteiger partial charge < -0.3 is 5.73 Å². The molecule has 0 atom stereocenters. The Balaban J connectivity index is 2.17. The predicted octanol–water partition coefficient (Wildman–Crippen LogP) is 2.52. The van der Waals surface area contributed by atoms with Crippen molar-refractivity contribution < 1.29 is 8.42 Å². The third-order valence-electron chi connectivity index (χ3n) is 4.56. The van der Waals surface area contributed by atoms with Crippen LogP contribution >= 0.6 is 12.2 Å². The van der Waals surface area contributed by atoms with Crippen molar-refractivity contribution in [3.8, 4) is 0 Å². The second-order valence-corrected chi connectivity index (χ2v) is 8.33. The van der Waals surface area contributed by atoms with Crippen LogP contribution in [0.2, 0.25) is 0 Å². The minimum absolute atomic E-state index is 0.265. The molecule has 2 rings (SSSR count). The van der Waals surface area contributed by atoms with Crippen molar-refractivity contribution in [3.05, 3.63) is 29.8 Å². The van der Waals surface area contributed by atoms with Crippen LogP contribution in [0.1, 0.15) is 38.7 Å². The summed E-state index contributed by atoms with van der Waals surface area (Å²) in [5.41, 5.74) is 6.48. The molecule has 0 aliphatic carbocycles. The molecule has 0 unspecified atom stereocenters. The Kier molecular flexibility index (Phi) is 4.70. The summed E-state index contributed by atoms with van der Waals surface area (Å²) < 4.78 is 26.8. The van der Waals surface area contributed by atoms with E-state index in [9.17, 15) is 8.42 Å². The number of nitrogens with two attached hydrogens (primary N) is 1. The molecule has 0 saturated carbocycles. The molecule has 1 heterocycles. The van der Waals surface area contributed by atoms with Gasteiger partial charge in [-0.25, -0.2) is 8.42 Å². The zero-order valence-corrected chi connectivity index (χ0v) is 14.1. The Hall–Kier alpha value is -0.980. The molecule has 0 bridgehead atoms. The molecule has 116 valence electrons. The van der Waals surface area contributed by atoms with Gasteiger partial charge in [-0.2, -0.15) is 4.31 Å². The minimum Gasteiger partial charge on any atom is -0.389 e. The molecule has 6 heteroatoms. The fraction of sp³-hybridized carbons (Fsp3) is 0.533. The molecule has 0 radical (unpaired) electrons. The minimum atomic E-state index is -3.41. The highest BCUT2D eigenvalue weighted by atomic mass is 32.2. The first kappa shape index (κ1) is 16.4. The maximum absolute atomic E-state index is 12.6. The summed E-state index contributed by atoms with van der Waals surface area (Å²) in [4.78, 5) is 0.582. The molecule has 21 heavy (non-hydrogen) atoms. The van der Waals surface area contributed by atoms with Crippen molar-refractivity contribution >= 4 is 27.2 Å². The Morgan fingerprint density at radius 1 is 1.29 bits per heavy atom. The molecular formula is C15H22N2O2S2. The fourth-order valence-electron chi connectivity index (χ4n) is 2.56. The van der Waals surface area contributed by atoms with Crippen LogP contribution in [0.4, 0.5) is 0 Å². The summed E-state index contributed by atoms with van der Waals surface area (Å²) in [5.74, 6) is 0. The van der Waals surface area contributed by atoms with E-state index < -0.39 is 10.0 Å². The zero-order chi connectivity index (χ0) is 15.7.